The first kappa shape index (κ1) is 11.6. The van der Waals surface area contributed by atoms with Gasteiger partial charge in [-0.3, -0.25) is 4.79 Å². The topological polar surface area (TPSA) is 17.1 Å². The van der Waals surface area contributed by atoms with E-state index in [1.54, 1.807) is 17.8 Å². The molecule has 76 valence electrons. The van der Waals surface area contributed by atoms with Crippen molar-refractivity contribution in [2.45, 2.75) is 13.3 Å². The fourth-order valence-electron chi connectivity index (χ4n) is 1.18. The van der Waals surface area contributed by atoms with Crippen LogP contribution in [0.2, 0.25) is 5.02 Å². The highest BCUT2D eigenvalue weighted by Crippen LogP contribution is 2.19. The molecule has 1 nitrogen and oxygen atoms in total. The first-order valence-electron chi connectivity index (χ1n) is 4.43. The number of benzene rings is 1. The van der Waals surface area contributed by atoms with Gasteiger partial charge in [0.15, 0.2) is 5.78 Å². The summed E-state index contributed by atoms with van der Waals surface area (Å²) in [6.45, 7) is 1.96. The smallest absolute Gasteiger partial charge is 0.165 e. The average Bonchev–Trinajstić information content (AvgIpc) is 2.18. The summed E-state index contributed by atoms with van der Waals surface area (Å²) in [7, 11) is 0. The maximum absolute atomic E-state index is 11.7. The van der Waals surface area contributed by atoms with Gasteiger partial charge in [-0.2, -0.15) is 11.8 Å². The van der Waals surface area contributed by atoms with Crippen LogP contribution in [-0.4, -0.2) is 17.8 Å². The first-order chi connectivity index (χ1) is 6.65. The highest BCUT2D eigenvalue weighted by atomic mass is 35.5. The van der Waals surface area contributed by atoms with E-state index in [1.165, 1.54) is 0 Å². The molecular weight excluding hydrogens is 216 g/mol. The van der Waals surface area contributed by atoms with Gasteiger partial charge in [0.05, 0.1) is 5.02 Å². The zero-order chi connectivity index (χ0) is 10.6. The molecule has 1 aromatic carbocycles. The van der Waals surface area contributed by atoms with Crippen LogP contribution in [0.3, 0.4) is 0 Å². The number of carbonyl (C=O) groups is 1. The number of ketones is 1. The van der Waals surface area contributed by atoms with Crippen molar-refractivity contribution in [1.82, 2.24) is 0 Å². The van der Waals surface area contributed by atoms with Crippen LogP contribution in [-0.2, 0) is 0 Å². The van der Waals surface area contributed by atoms with Gasteiger partial charge in [-0.1, -0.05) is 23.2 Å². The van der Waals surface area contributed by atoms with E-state index in [9.17, 15) is 4.79 Å². The normalized spacial score (nSPS) is 10.2. The Balaban J connectivity index is 2.83. The monoisotopic (exact) mass is 228 g/mol. The Bertz CT molecular complexity index is 336. The fourth-order valence-corrected chi connectivity index (χ4v) is 1.79. The van der Waals surface area contributed by atoms with Crippen molar-refractivity contribution < 1.29 is 4.79 Å². The van der Waals surface area contributed by atoms with Crippen LogP contribution in [0.15, 0.2) is 18.2 Å². The Morgan fingerprint density at radius 3 is 2.86 bits per heavy atom. The zero-order valence-corrected chi connectivity index (χ0v) is 9.91. The SMILES string of the molecule is CSCCC(=O)c1cc(C)ccc1Cl. The predicted molar refractivity (Wildman–Crippen MR) is 63.5 cm³/mol. The van der Waals surface area contributed by atoms with Crippen molar-refractivity contribution in [3.63, 3.8) is 0 Å². The number of hydrogen-bond acceptors (Lipinski definition) is 2. The molecule has 0 atom stereocenters. The summed E-state index contributed by atoms with van der Waals surface area (Å²) >= 11 is 7.61. The third kappa shape index (κ3) is 3.03. The van der Waals surface area contributed by atoms with Crippen LogP contribution in [0, 0.1) is 6.92 Å². The maximum Gasteiger partial charge on any atom is 0.165 e. The summed E-state index contributed by atoms with van der Waals surface area (Å²) in [5.41, 5.74) is 1.72. The molecule has 0 heterocycles. The lowest BCUT2D eigenvalue weighted by Crippen LogP contribution is -2.01. The molecule has 1 aromatic rings. The standard InChI is InChI=1S/C11H13ClOS/c1-8-3-4-10(12)9(7-8)11(13)5-6-14-2/h3-4,7H,5-6H2,1-2H3. The second-order valence-electron chi connectivity index (χ2n) is 3.15. The van der Waals surface area contributed by atoms with Crippen molar-refractivity contribution in [2.24, 2.45) is 0 Å². The Morgan fingerprint density at radius 2 is 2.21 bits per heavy atom. The summed E-state index contributed by atoms with van der Waals surface area (Å²) in [5.74, 6) is 0.983. The lowest BCUT2D eigenvalue weighted by Gasteiger charge is -2.03. The van der Waals surface area contributed by atoms with E-state index in [1.807, 2.05) is 25.3 Å². The molecule has 0 saturated heterocycles. The van der Waals surface area contributed by atoms with Crippen LogP contribution >= 0.6 is 23.4 Å². The lowest BCUT2D eigenvalue weighted by atomic mass is 10.1. The van der Waals surface area contributed by atoms with Crippen molar-refractivity contribution in [3.8, 4) is 0 Å². The van der Waals surface area contributed by atoms with E-state index in [0.29, 0.717) is 17.0 Å². The van der Waals surface area contributed by atoms with Gasteiger partial charge in [-0.25, -0.2) is 0 Å². The highest BCUT2D eigenvalue weighted by molar-refractivity contribution is 7.98. The lowest BCUT2D eigenvalue weighted by molar-refractivity contribution is 0.0989. The van der Waals surface area contributed by atoms with Crippen molar-refractivity contribution in [3.05, 3.63) is 34.3 Å². The maximum atomic E-state index is 11.7. The van der Waals surface area contributed by atoms with E-state index < -0.39 is 0 Å². The second kappa shape index (κ2) is 5.42. The van der Waals surface area contributed by atoms with Crippen molar-refractivity contribution in [1.29, 1.82) is 0 Å². The van der Waals surface area contributed by atoms with Crippen molar-refractivity contribution in [2.75, 3.05) is 12.0 Å². The Kier molecular flexibility index (Phi) is 4.49. The number of halogens is 1. The molecule has 0 aliphatic rings. The number of thioether (sulfide) groups is 1. The largest absolute Gasteiger partial charge is 0.294 e. The van der Waals surface area contributed by atoms with Crippen LogP contribution in [0.25, 0.3) is 0 Å². The van der Waals surface area contributed by atoms with Crippen LogP contribution in [0.5, 0.6) is 0 Å². The van der Waals surface area contributed by atoms with E-state index in [2.05, 4.69) is 0 Å². The number of rotatable bonds is 4. The fraction of sp³-hybridized carbons (Fsp3) is 0.364. The van der Waals surface area contributed by atoms with Crippen LogP contribution < -0.4 is 0 Å². The summed E-state index contributed by atoms with van der Waals surface area (Å²) in [5, 5.41) is 0.557. The minimum Gasteiger partial charge on any atom is -0.294 e. The summed E-state index contributed by atoms with van der Waals surface area (Å²) in [4.78, 5) is 11.7. The van der Waals surface area contributed by atoms with E-state index in [0.717, 1.165) is 11.3 Å². The van der Waals surface area contributed by atoms with E-state index >= 15 is 0 Å². The quantitative estimate of drug-likeness (QED) is 0.733. The van der Waals surface area contributed by atoms with Crippen LogP contribution in [0.4, 0.5) is 0 Å². The van der Waals surface area contributed by atoms with Crippen molar-refractivity contribution >= 4 is 29.1 Å². The number of Topliss-reactive ketones (excluding diaryl/α,β-unsaturated/α-hetero) is 1. The van der Waals surface area contributed by atoms with Gasteiger partial charge in [0.25, 0.3) is 0 Å². The van der Waals surface area contributed by atoms with Gasteiger partial charge >= 0.3 is 0 Å². The van der Waals surface area contributed by atoms with E-state index in [4.69, 9.17) is 11.6 Å². The molecule has 3 heteroatoms. The molecular formula is C11H13ClOS. The summed E-state index contributed by atoms with van der Waals surface area (Å²) in [6, 6.07) is 5.54. The zero-order valence-electron chi connectivity index (χ0n) is 8.34. The third-order valence-electron chi connectivity index (χ3n) is 1.96. The highest BCUT2D eigenvalue weighted by Gasteiger charge is 2.09. The number of hydrogen-bond donors (Lipinski definition) is 0. The molecule has 0 bridgehead atoms. The average molecular weight is 229 g/mol. The number of carbonyl (C=O) groups excluding carboxylic acids is 1. The van der Waals surface area contributed by atoms with Gasteiger partial charge < -0.3 is 0 Å². The predicted octanol–water partition coefficient (Wildman–Crippen LogP) is 3.58. The Labute approximate surface area is 93.8 Å². The molecule has 0 amide bonds. The van der Waals surface area contributed by atoms with Gasteiger partial charge in [-0.15, -0.1) is 0 Å². The third-order valence-corrected chi connectivity index (χ3v) is 2.90. The second-order valence-corrected chi connectivity index (χ2v) is 4.54. The van der Waals surface area contributed by atoms with Gasteiger partial charge in [-0.05, 0) is 25.3 Å². The first-order valence-corrected chi connectivity index (χ1v) is 6.20. The molecule has 1 rings (SSSR count). The molecule has 14 heavy (non-hydrogen) atoms. The minimum atomic E-state index is 0.132. The number of aryl methyl sites for hydroxylation is 1. The molecule has 0 fully saturated rings. The van der Waals surface area contributed by atoms with Gasteiger partial charge in [0, 0.05) is 17.7 Å². The summed E-state index contributed by atoms with van der Waals surface area (Å²) in [6.07, 6.45) is 2.55. The Hall–Kier alpha value is -0.470. The molecule has 0 aromatic heterocycles. The van der Waals surface area contributed by atoms with E-state index in [-0.39, 0.29) is 5.78 Å². The molecule has 0 unspecified atom stereocenters. The molecule has 0 aliphatic heterocycles. The summed E-state index contributed by atoms with van der Waals surface area (Å²) < 4.78 is 0. The van der Waals surface area contributed by atoms with Gasteiger partial charge in [0.2, 0.25) is 0 Å². The molecule has 0 spiro atoms. The van der Waals surface area contributed by atoms with Gasteiger partial charge in [0.1, 0.15) is 0 Å². The van der Waals surface area contributed by atoms with Crippen LogP contribution in [0.1, 0.15) is 22.3 Å². The molecule has 0 saturated carbocycles. The molecule has 0 radical (unpaired) electrons. The molecule has 0 aliphatic carbocycles. The Morgan fingerprint density at radius 1 is 1.50 bits per heavy atom. The molecule has 0 N–H and O–H groups in total. The minimum absolute atomic E-state index is 0.132.